The van der Waals surface area contributed by atoms with Gasteiger partial charge in [-0.15, -0.1) is 0 Å². The predicted molar refractivity (Wildman–Crippen MR) is 305 cm³/mol. The van der Waals surface area contributed by atoms with Crippen molar-refractivity contribution >= 4 is 19.8 Å². The summed E-state index contributed by atoms with van der Waals surface area (Å²) < 4.78 is 34.1. The van der Waals surface area contributed by atoms with Gasteiger partial charge in [-0.25, -0.2) is 0 Å². The van der Waals surface area contributed by atoms with Gasteiger partial charge in [-0.05, 0) is 103 Å². The molecule has 0 fully saturated rings. The van der Waals surface area contributed by atoms with E-state index in [4.69, 9.17) is 18.5 Å². The fourth-order valence-electron chi connectivity index (χ4n) is 7.18. The largest absolute Gasteiger partial charge is 0.756 e. The Morgan fingerprint density at radius 2 is 0.750 bits per heavy atom. The lowest BCUT2D eigenvalue weighted by atomic mass is 10.0. The molecule has 0 aromatic carbocycles. The van der Waals surface area contributed by atoms with Gasteiger partial charge in [0.2, 0.25) is 0 Å². The molecule has 0 saturated carbocycles. The summed E-state index contributed by atoms with van der Waals surface area (Å²) in [6, 6.07) is 0. The van der Waals surface area contributed by atoms with Gasteiger partial charge in [0, 0.05) is 12.8 Å². The Morgan fingerprint density at radius 1 is 0.431 bits per heavy atom. The second kappa shape index (κ2) is 52.3. The zero-order valence-corrected chi connectivity index (χ0v) is 47.2. The lowest BCUT2D eigenvalue weighted by molar-refractivity contribution is -0.870. The van der Waals surface area contributed by atoms with Crippen LogP contribution in [0, 0.1) is 0 Å². The number of carbonyl (C=O) groups is 2. The lowest BCUT2D eigenvalue weighted by Gasteiger charge is -2.28. The predicted octanol–water partition coefficient (Wildman–Crippen LogP) is 17.0. The number of rotatable bonds is 50. The quantitative estimate of drug-likeness (QED) is 0.0195. The summed E-state index contributed by atoms with van der Waals surface area (Å²) in [5, 5.41) is 0. The molecule has 0 amide bonds. The molecule has 0 spiro atoms. The van der Waals surface area contributed by atoms with Crippen molar-refractivity contribution in [3.63, 3.8) is 0 Å². The highest BCUT2D eigenvalue weighted by Crippen LogP contribution is 2.38. The van der Waals surface area contributed by atoms with Crippen LogP contribution in [-0.2, 0) is 32.7 Å². The zero-order chi connectivity index (χ0) is 52.7. The van der Waals surface area contributed by atoms with Gasteiger partial charge in [-0.2, -0.15) is 0 Å². The molecule has 0 saturated heterocycles. The molecule has 0 bridgehead atoms. The van der Waals surface area contributed by atoms with E-state index in [2.05, 4.69) is 135 Å². The van der Waals surface area contributed by atoms with Crippen molar-refractivity contribution in [1.82, 2.24) is 0 Å². The summed E-state index contributed by atoms with van der Waals surface area (Å²) >= 11 is 0. The summed E-state index contributed by atoms with van der Waals surface area (Å²) in [6.07, 6.45) is 73.8. The number of likely N-dealkylation sites (N-methyl/N-ethyl adjacent to an activating group) is 1. The number of carbonyl (C=O) groups excluding carboxylic acids is 2. The number of hydrogen-bond donors (Lipinski definition) is 0. The Bertz CT molecular complexity index is 1630. The number of hydrogen-bond acceptors (Lipinski definition) is 8. The molecule has 0 aromatic heterocycles. The SMILES string of the molecule is CC/C=C\C/C=C\C/C=C\C/C=C\C/C=C\CCCCCCCCCCCCCC(=O)OC(COC(=O)CCCCCCC/C=C\C/C=C\C/C=C\C/C=C\C/C=C\CC)COP(=O)([O-])OCC[N+](C)(C)C. The molecule has 2 unspecified atom stereocenters. The first-order valence-corrected chi connectivity index (χ1v) is 29.7. The molecular formula is C62H104NO8P. The van der Waals surface area contributed by atoms with Crippen molar-refractivity contribution in [3.8, 4) is 0 Å². The molecule has 0 aliphatic heterocycles. The van der Waals surface area contributed by atoms with E-state index < -0.39 is 32.5 Å². The van der Waals surface area contributed by atoms with E-state index in [1.165, 1.54) is 44.9 Å². The topological polar surface area (TPSA) is 111 Å². The Labute approximate surface area is 441 Å². The molecule has 0 rings (SSSR count). The van der Waals surface area contributed by atoms with Crippen LogP contribution in [0.4, 0.5) is 0 Å². The van der Waals surface area contributed by atoms with Crippen molar-refractivity contribution in [2.45, 2.75) is 213 Å². The first kappa shape index (κ1) is 68.4. The fourth-order valence-corrected chi connectivity index (χ4v) is 7.91. The Hall–Kier alpha value is -3.59. The average molecular weight is 1020 g/mol. The third-order valence-electron chi connectivity index (χ3n) is 11.5. The number of esters is 2. The number of nitrogens with zero attached hydrogens (tertiary/aromatic N) is 1. The minimum Gasteiger partial charge on any atom is -0.756 e. The summed E-state index contributed by atoms with van der Waals surface area (Å²) in [6.45, 7) is 3.97. The molecule has 10 heteroatoms. The smallest absolute Gasteiger partial charge is 0.306 e. The molecular weight excluding hydrogens is 918 g/mol. The van der Waals surface area contributed by atoms with Crippen molar-refractivity contribution in [2.24, 2.45) is 0 Å². The van der Waals surface area contributed by atoms with Crippen LogP contribution in [0.5, 0.6) is 0 Å². The number of quaternary nitrogens is 1. The number of phosphoric ester groups is 1. The summed E-state index contributed by atoms with van der Waals surface area (Å²) in [5.41, 5.74) is 0. The molecule has 0 aromatic rings. The van der Waals surface area contributed by atoms with Crippen LogP contribution >= 0.6 is 7.82 Å². The fraction of sp³-hybridized carbons (Fsp3) is 0.645. The highest BCUT2D eigenvalue weighted by molar-refractivity contribution is 7.45. The molecule has 0 aliphatic rings. The van der Waals surface area contributed by atoms with Crippen LogP contribution in [0.15, 0.2) is 122 Å². The van der Waals surface area contributed by atoms with E-state index >= 15 is 0 Å². The standard InChI is InChI=1S/C62H104NO8P/c1-6-8-10-12-14-16-18-20-22-24-26-28-29-30-31-32-33-35-37-39-41-43-45-47-49-51-53-55-62(65)71-60(59-70-72(66,67)69-57-56-63(3,4)5)58-68-61(64)54-52-50-48-46-44-42-40-38-36-34-27-25-23-21-19-17-15-13-11-9-7-2/h8-11,14-17,20-23,26-28,30-31,34,38,40,60H,6-7,12-13,18-19,24-25,29,32-33,35-37,39,41-59H2,1-5H3/b10-8-,11-9-,16-14-,17-15-,22-20-,23-21-,28-26-,31-30-,34-27-,40-38-. The number of allylic oxidation sites excluding steroid dienone is 20. The van der Waals surface area contributed by atoms with E-state index in [1.54, 1.807) is 0 Å². The van der Waals surface area contributed by atoms with Crippen LogP contribution in [0.2, 0.25) is 0 Å². The summed E-state index contributed by atoms with van der Waals surface area (Å²) in [4.78, 5) is 37.9. The highest BCUT2D eigenvalue weighted by atomic mass is 31.2. The molecule has 0 aliphatic carbocycles. The van der Waals surface area contributed by atoms with E-state index in [-0.39, 0.29) is 26.1 Å². The number of ether oxygens (including phenoxy) is 2. The zero-order valence-electron chi connectivity index (χ0n) is 46.3. The molecule has 2 atom stereocenters. The van der Waals surface area contributed by atoms with Gasteiger partial charge in [0.05, 0.1) is 27.7 Å². The Kier molecular flexibility index (Phi) is 49.7. The van der Waals surface area contributed by atoms with Gasteiger partial charge in [0.1, 0.15) is 19.8 Å². The minimum absolute atomic E-state index is 0.0416. The number of phosphoric acid groups is 1. The third kappa shape index (κ3) is 55.7. The molecule has 9 nitrogen and oxygen atoms in total. The normalized spacial score (nSPS) is 14.2. The third-order valence-corrected chi connectivity index (χ3v) is 12.4. The van der Waals surface area contributed by atoms with Crippen molar-refractivity contribution < 1.29 is 42.1 Å². The van der Waals surface area contributed by atoms with E-state index in [0.29, 0.717) is 23.9 Å². The van der Waals surface area contributed by atoms with E-state index in [1.807, 2.05) is 21.1 Å². The van der Waals surface area contributed by atoms with Gasteiger partial charge >= 0.3 is 11.9 Å². The van der Waals surface area contributed by atoms with Gasteiger partial charge in [0.25, 0.3) is 7.82 Å². The van der Waals surface area contributed by atoms with E-state index in [0.717, 1.165) is 122 Å². The Morgan fingerprint density at radius 3 is 1.11 bits per heavy atom. The van der Waals surface area contributed by atoms with Crippen LogP contribution in [0.25, 0.3) is 0 Å². The maximum atomic E-state index is 12.8. The maximum Gasteiger partial charge on any atom is 0.306 e. The van der Waals surface area contributed by atoms with Crippen molar-refractivity contribution in [3.05, 3.63) is 122 Å². The first-order chi connectivity index (χ1) is 35.0. The van der Waals surface area contributed by atoms with Gasteiger partial charge < -0.3 is 27.9 Å². The molecule has 0 N–H and O–H groups in total. The monoisotopic (exact) mass is 1020 g/mol. The van der Waals surface area contributed by atoms with Crippen LogP contribution in [-0.4, -0.2) is 70.0 Å². The minimum atomic E-state index is -4.65. The van der Waals surface area contributed by atoms with E-state index in [9.17, 15) is 19.0 Å². The second-order valence-corrected chi connectivity index (χ2v) is 20.9. The maximum absolute atomic E-state index is 12.8. The first-order valence-electron chi connectivity index (χ1n) is 28.2. The van der Waals surface area contributed by atoms with Gasteiger partial charge in [0.15, 0.2) is 6.10 Å². The van der Waals surface area contributed by atoms with Crippen LogP contribution in [0.1, 0.15) is 206 Å². The molecule has 72 heavy (non-hydrogen) atoms. The lowest BCUT2D eigenvalue weighted by Crippen LogP contribution is -2.37. The summed E-state index contributed by atoms with van der Waals surface area (Å²) in [7, 11) is 1.13. The van der Waals surface area contributed by atoms with Crippen LogP contribution in [0.3, 0.4) is 0 Å². The van der Waals surface area contributed by atoms with Crippen LogP contribution < -0.4 is 4.89 Å². The second-order valence-electron chi connectivity index (χ2n) is 19.5. The molecule has 0 radical (unpaired) electrons. The van der Waals surface area contributed by atoms with Crippen molar-refractivity contribution in [2.75, 3.05) is 47.5 Å². The Balaban J connectivity index is 4.25. The highest BCUT2D eigenvalue weighted by Gasteiger charge is 2.21. The molecule has 410 valence electrons. The van der Waals surface area contributed by atoms with Gasteiger partial charge in [-0.1, -0.05) is 212 Å². The van der Waals surface area contributed by atoms with Gasteiger partial charge in [-0.3, -0.25) is 14.2 Å². The van der Waals surface area contributed by atoms with Crippen molar-refractivity contribution in [1.29, 1.82) is 0 Å². The average Bonchev–Trinajstić information content (AvgIpc) is 3.34. The number of unbranched alkanes of at least 4 members (excludes halogenated alkanes) is 16. The summed E-state index contributed by atoms with van der Waals surface area (Å²) in [5.74, 6) is -0.867. The molecule has 0 heterocycles.